The summed E-state index contributed by atoms with van der Waals surface area (Å²) in [6, 6.07) is 4.93. The number of aromatic nitrogens is 3. The van der Waals surface area contributed by atoms with E-state index in [1.807, 2.05) is 0 Å². The van der Waals surface area contributed by atoms with Crippen molar-refractivity contribution in [3.63, 3.8) is 0 Å². The van der Waals surface area contributed by atoms with Gasteiger partial charge in [0, 0.05) is 18.8 Å². The number of amides is 1. The minimum Gasteiger partial charge on any atom is -0.508 e. The summed E-state index contributed by atoms with van der Waals surface area (Å²) < 4.78 is 1.45. The van der Waals surface area contributed by atoms with E-state index in [1.165, 1.54) is 16.9 Å². The van der Waals surface area contributed by atoms with E-state index in [-0.39, 0.29) is 17.4 Å². The van der Waals surface area contributed by atoms with Gasteiger partial charge in [-0.05, 0) is 18.6 Å². The first-order valence-electron chi connectivity index (χ1n) is 5.03. The number of carbonyl (C=O) groups excluding carboxylic acids is 1. The summed E-state index contributed by atoms with van der Waals surface area (Å²) >= 11 is 0. The summed E-state index contributed by atoms with van der Waals surface area (Å²) in [6.07, 6.45) is 1.52. The number of aromatic hydroxyl groups is 1. The predicted molar refractivity (Wildman–Crippen MR) is 61.8 cm³/mol. The second-order valence-corrected chi connectivity index (χ2v) is 3.73. The lowest BCUT2D eigenvalue weighted by atomic mass is 10.2. The average molecular weight is 232 g/mol. The average Bonchev–Trinajstić information content (AvgIpc) is 2.70. The molecule has 0 bridgehead atoms. The molecule has 6 nitrogen and oxygen atoms in total. The van der Waals surface area contributed by atoms with E-state index in [0.29, 0.717) is 5.69 Å². The van der Waals surface area contributed by atoms with E-state index in [2.05, 4.69) is 15.6 Å². The van der Waals surface area contributed by atoms with Crippen molar-refractivity contribution in [2.45, 2.75) is 6.92 Å². The maximum absolute atomic E-state index is 11.7. The fourth-order valence-electron chi connectivity index (χ4n) is 1.33. The van der Waals surface area contributed by atoms with Gasteiger partial charge in [-0.25, -0.2) is 0 Å². The Bertz CT molecular complexity index is 562. The molecule has 88 valence electrons. The number of carbonyl (C=O) groups is 1. The van der Waals surface area contributed by atoms with Crippen LogP contribution in [0.15, 0.2) is 24.4 Å². The largest absolute Gasteiger partial charge is 0.508 e. The Morgan fingerprint density at radius 1 is 1.47 bits per heavy atom. The van der Waals surface area contributed by atoms with Crippen molar-refractivity contribution in [3.05, 3.63) is 35.7 Å². The minimum atomic E-state index is -0.360. The number of nitrogens with zero attached hydrogens (tertiary/aromatic N) is 3. The third-order valence-corrected chi connectivity index (χ3v) is 2.30. The van der Waals surface area contributed by atoms with Gasteiger partial charge in [0.2, 0.25) is 0 Å². The SMILES string of the molecule is Cc1ccc(NC(=O)c2cn(C)nn2)cc1O. The Balaban J connectivity index is 2.15. The first-order chi connectivity index (χ1) is 8.06. The topological polar surface area (TPSA) is 80.0 Å². The molecule has 6 heteroatoms. The number of nitrogens with one attached hydrogen (secondary N) is 1. The van der Waals surface area contributed by atoms with Crippen LogP contribution in [0.1, 0.15) is 16.1 Å². The lowest BCUT2D eigenvalue weighted by Gasteiger charge is -2.04. The van der Waals surface area contributed by atoms with Crippen LogP contribution in [0.4, 0.5) is 5.69 Å². The number of benzene rings is 1. The van der Waals surface area contributed by atoms with E-state index in [4.69, 9.17) is 0 Å². The third kappa shape index (κ3) is 2.41. The van der Waals surface area contributed by atoms with Crippen LogP contribution in [0.3, 0.4) is 0 Å². The van der Waals surface area contributed by atoms with E-state index in [0.717, 1.165) is 5.56 Å². The number of phenols is 1. The second-order valence-electron chi connectivity index (χ2n) is 3.73. The summed E-state index contributed by atoms with van der Waals surface area (Å²) in [5, 5.41) is 19.5. The quantitative estimate of drug-likeness (QED) is 0.812. The highest BCUT2D eigenvalue weighted by atomic mass is 16.3. The number of aryl methyl sites for hydroxylation is 2. The van der Waals surface area contributed by atoms with Crippen LogP contribution in [-0.4, -0.2) is 26.0 Å². The van der Waals surface area contributed by atoms with Crippen LogP contribution in [-0.2, 0) is 7.05 Å². The lowest BCUT2D eigenvalue weighted by Crippen LogP contribution is -2.12. The summed E-state index contributed by atoms with van der Waals surface area (Å²) in [7, 11) is 1.68. The molecule has 0 saturated carbocycles. The standard InChI is InChI=1S/C11H12N4O2/c1-7-3-4-8(5-10(7)16)12-11(17)9-6-15(2)14-13-9/h3-6,16H,1-2H3,(H,12,17). The molecule has 0 aliphatic carbocycles. The number of anilines is 1. The van der Waals surface area contributed by atoms with E-state index in [1.54, 1.807) is 26.1 Å². The molecule has 0 atom stereocenters. The molecule has 0 aliphatic heterocycles. The Morgan fingerprint density at radius 2 is 2.24 bits per heavy atom. The Morgan fingerprint density at radius 3 is 2.82 bits per heavy atom. The van der Waals surface area contributed by atoms with Gasteiger partial charge in [-0.15, -0.1) is 5.10 Å². The fraction of sp³-hybridized carbons (Fsp3) is 0.182. The predicted octanol–water partition coefficient (Wildman–Crippen LogP) is 1.08. The number of phenolic OH excluding ortho intramolecular Hbond substituents is 1. The monoisotopic (exact) mass is 232 g/mol. The van der Waals surface area contributed by atoms with Crippen molar-refractivity contribution in [2.75, 3.05) is 5.32 Å². The van der Waals surface area contributed by atoms with Gasteiger partial charge in [-0.3, -0.25) is 9.48 Å². The lowest BCUT2D eigenvalue weighted by molar-refractivity contribution is 0.102. The van der Waals surface area contributed by atoms with Crippen LogP contribution >= 0.6 is 0 Å². The molecule has 1 heterocycles. The zero-order valence-electron chi connectivity index (χ0n) is 9.51. The highest BCUT2D eigenvalue weighted by Gasteiger charge is 2.10. The first-order valence-corrected chi connectivity index (χ1v) is 5.03. The first kappa shape index (κ1) is 11.1. The van der Waals surface area contributed by atoms with Gasteiger partial charge in [0.1, 0.15) is 5.75 Å². The maximum atomic E-state index is 11.7. The van der Waals surface area contributed by atoms with Gasteiger partial charge in [0.25, 0.3) is 5.91 Å². The van der Waals surface area contributed by atoms with Gasteiger partial charge in [0.05, 0.1) is 6.20 Å². The second kappa shape index (κ2) is 4.25. The molecule has 0 unspecified atom stereocenters. The van der Waals surface area contributed by atoms with Crippen molar-refractivity contribution in [3.8, 4) is 5.75 Å². The van der Waals surface area contributed by atoms with Gasteiger partial charge in [-0.2, -0.15) is 0 Å². The Kier molecular flexibility index (Phi) is 2.78. The van der Waals surface area contributed by atoms with Crippen molar-refractivity contribution in [2.24, 2.45) is 7.05 Å². The normalized spacial score (nSPS) is 10.2. The van der Waals surface area contributed by atoms with Crippen molar-refractivity contribution >= 4 is 11.6 Å². The molecule has 2 aromatic rings. The van der Waals surface area contributed by atoms with Gasteiger partial charge in [-0.1, -0.05) is 11.3 Å². The maximum Gasteiger partial charge on any atom is 0.277 e. The number of rotatable bonds is 2. The van der Waals surface area contributed by atoms with Crippen LogP contribution in [0, 0.1) is 6.92 Å². The number of hydrogen-bond acceptors (Lipinski definition) is 4. The summed E-state index contributed by atoms with van der Waals surface area (Å²) in [4.78, 5) is 11.7. The minimum absolute atomic E-state index is 0.141. The smallest absolute Gasteiger partial charge is 0.277 e. The highest BCUT2D eigenvalue weighted by Crippen LogP contribution is 2.20. The van der Waals surface area contributed by atoms with E-state index in [9.17, 15) is 9.90 Å². The van der Waals surface area contributed by atoms with Crippen LogP contribution in [0.2, 0.25) is 0 Å². The Hall–Kier alpha value is -2.37. The molecule has 0 radical (unpaired) electrons. The van der Waals surface area contributed by atoms with Gasteiger partial charge < -0.3 is 10.4 Å². The van der Waals surface area contributed by atoms with Gasteiger partial charge >= 0.3 is 0 Å². The molecular formula is C11H12N4O2. The molecule has 1 aromatic heterocycles. The molecule has 17 heavy (non-hydrogen) atoms. The molecule has 0 spiro atoms. The summed E-state index contributed by atoms with van der Waals surface area (Å²) in [6.45, 7) is 1.78. The van der Waals surface area contributed by atoms with Crippen LogP contribution < -0.4 is 5.32 Å². The molecule has 1 amide bonds. The highest BCUT2D eigenvalue weighted by molar-refractivity contribution is 6.02. The number of hydrogen-bond donors (Lipinski definition) is 2. The fourth-order valence-corrected chi connectivity index (χ4v) is 1.33. The molecule has 1 aromatic carbocycles. The van der Waals surface area contributed by atoms with Crippen molar-refractivity contribution in [1.29, 1.82) is 0 Å². The third-order valence-electron chi connectivity index (χ3n) is 2.30. The zero-order chi connectivity index (χ0) is 12.4. The van der Waals surface area contributed by atoms with Crippen molar-refractivity contribution < 1.29 is 9.90 Å². The van der Waals surface area contributed by atoms with E-state index < -0.39 is 0 Å². The van der Waals surface area contributed by atoms with Crippen LogP contribution in [0.25, 0.3) is 0 Å². The zero-order valence-corrected chi connectivity index (χ0v) is 9.51. The Labute approximate surface area is 97.9 Å². The summed E-state index contributed by atoms with van der Waals surface area (Å²) in [5.41, 5.74) is 1.50. The molecular weight excluding hydrogens is 220 g/mol. The van der Waals surface area contributed by atoms with Crippen molar-refractivity contribution in [1.82, 2.24) is 15.0 Å². The van der Waals surface area contributed by atoms with Crippen LogP contribution in [0.5, 0.6) is 5.75 Å². The molecule has 2 N–H and O–H groups in total. The molecule has 0 fully saturated rings. The summed E-state index contributed by atoms with van der Waals surface area (Å²) in [5.74, 6) is -0.219. The molecule has 0 saturated heterocycles. The van der Waals surface area contributed by atoms with Gasteiger partial charge in [0.15, 0.2) is 5.69 Å². The molecule has 2 rings (SSSR count). The van der Waals surface area contributed by atoms with E-state index >= 15 is 0 Å². The molecule has 0 aliphatic rings.